The van der Waals surface area contributed by atoms with Gasteiger partial charge in [0.2, 0.25) is 0 Å². The van der Waals surface area contributed by atoms with Crippen molar-refractivity contribution in [1.29, 1.82) is 0 Å². The largest absolute Gasteiger partial charge is 0.462 e. The fourth-order valence-corrected chi connectivity index (χ4v) is 9.68. The monoisotopic (exact) mass is 1150 g/mol. The lowest BCUT2D eigenvalue weighted by atomic mass is 10.0. The standard InChI is InChI=1S/C77H130O6/c1-4-7-10-13-16-19-22-25-28-31-34-36-37-38-39-41-43-46-49-52-55-58-61-64-67-70-76(79)82-73-74(72-81-75(78)69-66-63-60-57-54-51-48-45-42-33-30-27-24-21-18-15-12-9-6-3)83-77(80)71-68-65-62-59-56-53-50-47-44-40-35-32-29-26-23-20-17-14-11-8-5-2/h9,12,18,21-23,25-27,30-32,34-35,42,44-45,47,51,54,74H,4-8,10-11,13-17,19-20,24,28-29,33,36-41,43,46,48-50,52-53,55-73H2,1-3H3/b12-9-,21-18-,25-22-,26-23-,30-27-,34-31-,35-32-,45-42-,47-44-,54-51-. The lowest BCUT2D eigenvalue weighted by Crippen LogP contribution is -2.30. The summed E-state index contributed by atoms with van der Waals surface area (Å²) in [5.41, 5.74) is 0. The first-order valence-electron chi connectivity index (χ1n) is 35.0. The Hall–Kier alpha value is -4.19. The predicted octanol–water partition coefficient (Wildman–Crippen LogP) is 24.3. The Morgan fingerprint density at radius 3 is 0.747 bits per heavy atom. The van der Waals surface area contributed by atoms with E-state index < -0.39 is 6.10 Å². The lowest BCUT2D eigenvalue weighted by molar-refractivity contribution is -0.167. The fourth-order valence-electron chi connectivity index (χ4n) is 9.68. The van der Waals surface area contributed by atoms with Gasteiger partial charge >= 0.3 is 17.9 Å². The molecular weight excluding hydrogens is 1020 g/mol. The Kier molecular flexibility index (Phi) is 66.7. The molecule has 1 unspecified atom stereocenters. The fraction of sp³-hybridized carbons (Fsp3) is 0.701. The molecule has 0 spiro atoms. The van der Waals surface area contributed by atoms with E-state index in [-0.39, 0.29) is 31.1 Å². The first-order chi connectivity index (χ1) is 41.0. The highest BCUT2D eigenvalue weighted by molar-refractivity contribution is 5.71. The SMILES string of the molecule is CC/C=C\C/C=C\C/C=C\C/C=C\C/C=C\CCCCCC(=O)OCC(COC(=O)CCCCCCCCCCCCCCC/C=C\C/C=C\CCCCCCC)OC(=O)CCCCCCCC/C=C\C/C=C\C/C=C\CCCCCCC. The second-order valence-electron chi connectivity index (χ2n) is 23.1. The van der Waals surface area contributed by atoms with Gasteiger partial charge in [0.1, 0.15) is 13.2 Å². The Balaban J connectivity index is 4.44. The third kappa shape index (κ3) is 68.5. The first kappa shape index (κ1) is 78.8. The Morgan fingerprint density at radius 1 is 0.253 bits per heavy atom. The summed E-state index contributed by atoms with van der Waals surface area (Å²) in [5.74, 6) is -0.933. The number of carbonyl (C=O) groups excluding carboxylic acids is 3. The first-order valence-corrected chi connectivity index (χ1v) is 35.0. The van der Waals surface area contributed by atoms with Gasteiger partial charge in [-0.2, -0.15) is 0 Å². The molecular formula is C77H130O6. The topological polar surface area (TPSA) is 78.9 Å². The molecule has 0 heterocycles. The van der Waals surface area contributed by atoms with Crippen molar-refractivity contribution in [3.63, 3.8) is 0 Å². The van der Waals surface area contributed by atoms with Crippen LogP contribution in [0, 0.1) is 0 Å². The van der Waals surface area contributed by atoms with Gasteiger partial charge in [-0.1, -0.05) is 296 Å². The number of hydrogen-bond acceptors (Lipinski definition) is 6. The molecule has 0 aliphatic carbocycles. The molecule has 0 aromatic carbocycles. The minimum atomic E-state index is -0.805. The molecule has 1 atom stereocenters. The number of hydrogen-bond donors (Lipinski definition) is 0. The average Bonchev–Trinajstić information content (AvgIpc) is 3.49. The highest BCUT2D eigenvalue weighted by Crippen LogP contribution is 2.16. The third-order valence-electron chi connectivity index (χ3n) is 14.9. The zero-order valence-corrected chi connectivity index (χ0v) is 54.4. The molecule has 474 valence electrons. The van der Waals surface area contributed by atoms with Gasteiger partial charge in [0.25, 0.3) is 0 Å². The highest BCUT2D eigenvalue weighted by atomic mass is 16.6. The second kappa shape index (κ2) is 70.3. The number of ether oxygens (including phenoxy) is 3. The van der Waals surface area contributed by atoms with Gasteiger partial charge in [-0.3, -0.25) is 14.4 Å². The molecule has 83 heavy (non-hydrogen) atoms. The van der Waals surface area contributed by atoms with Crippen LogP contribution in [-0.4, -0.2) is 37.2 Å². The van der Waals surface area contributed by atoms with E-state index in [1.165, 1.54) is 161 Å². The molecule has 0 aromatic heterocycles. The molecule has 0 radical (unpaired) electrons. The minimum absolute atomic E-state index is 0.0960. The number of esters is 3. The molecule has 6 nitrogen and oxygen atoms in total. The maximum atomic E-state index is 13.0. The molecule has 0 bridgehead atoms. The van der Waals surface area contributed by atoms with Gasteiger partial charge in [0.15, 0.2) is 6.10 Å². The van der Waals surface area contributed by atoms with E-state index >= 15 is 0 Å². The van der Waals surface area contributed by atoms with E-state index in [9.17, 15) is 14.4 Å². The van der Waals surface area contributed by atoms with Crippen LogP contribution in [0.4, 0.5) is 0 Å². The van der Waals surface area contributed by atoms with E-state index in [0.29, 0.717) is 19.3 Å². The van der Waals surface area contributed by atoms with Crippen LogP contribution in [0.3, 0.4) is 0 Å². The van der Waals surface area contributed by atoms with Crippen LogP contribution in [0.2, 0.25) is 0 Å². The molecule has 0 N–H and O–H groups in total. The van der Waals surface area contributed by atoms with Crippen molar-refractivity contribution in [2.24, 2.45) is 0 Å². The van der Waals surface area contributed by atoms with Crippen molar-refractivity contribution in [2.45, 2.75) is 335 Å². The summed E-state index contributed by atoms with van der Waals surface area (Å²) < 4.78 is 17.0. The number of carbonyl (C=O) groups is 3. The highest BCUT2D eigenvalue weighted by Gasteiger charge is 2.19. The summed E-state index contributed by atoms with van der Waals surface area (Å²) in [6, 6.07) is 0. The van der Waals surface area contributed by atoms with Crippen molar-refractivity contribution in [3.05, 3.63) is 122 Å². The van der Waals surface area contributed by atoms with Gasteiger partial charge in [-0.25, -0.2) is 0 Å². The van der Waals surface area contributed by atoms with Crippen molar-refractivity contribution in [2.75, 3.05) is 13.2 Å². The smallest absolute Gasteiger partial charge is 0.306 e. The van der Waals surface area contributed by atoms with E-state index in [4.69, 9.17) is 14.2 Å². The summed E-state index contributed by atoms with van der Waals surface area (Å²) in [4.78, 5) is 38.5. The summed E-state index contributed by atoms with van der Waals surface area (Å²) in [7, 11) is 0. The molecule has 0 aromatic rings. The van der Waals surface area contributed by atoms with Crippen molar-refractivity contribution < 1.29 is 28.6 Å². The van der Waals surface area contributed by atoms with Crippen LogP contribution in [0.1, 0.15) is 329 Å². The summed E-state index contributed by atoms with van der Waals surface area (Å²) in [6.07, 6.45) is 97.8. The molecule has 0 amide bonds. The zero-order valence-electron chi connectivity index (χ0n) is 54.4. The summed E-state index contributed by atoms with van der Waals surface area (Å²) in [5, 5.41) is 0. The molecule has 0 rings (SSSR count). The average molecular weight is 1150 g/mol. The molecule has 0 saturated carbocycles. The molecule has 6 heteroatoms. The summed E-state index contributed by atoms with van der Waals surface area (Å²) in [6.45, 7) is 6.50. The lowest BCUT2D eigenvalue weighted by Gasteiger charge is -2.18. The predicted molar refractivity (Wildman–Crippen MR) is 362 cm³/mol. The van der Waals surface area contributed by atoms with Gasteiger partial charge in [-0.05, 0) is 135 Å². The van der Waals surface area contributed by atoms with Gasteiger partial charge < -0.3 is 14.2 Å². The molecule has 0 fully saturated rings. The number of rotatable bonds is 63. The van der Waals surface area contributed by atoms with Crippen molar-refractivity contribution >= 4 is 17.9 Å². The van der Waals surface area contributed by atoms with E-state index in [1.807, 2.05) is 0 Å². The Labute approximate surface area is 513 Å². The second-order valence-corrected chi connectivity index (χ2v) is 23.1. The van der Waals surface area contributed by atoms with Crippen LogP contribution in [0.5, 0.6) is 0 Å². The quantitative estimate of drug-likeness (QED) is 0.0261. The molecule has 0 aliphatic rings. The number of allylic oxidation sites excluding steroid dienone is 20. The van der Waals surface area contributed by atoms with E-state index in [0.717, 1.165) is 128 Å². The van der Waals surface area contributed by atoms with Crippen molar-refractivity contribution in [1.82, 2.24) is 0 Å². The zero-order chi connectivity index (χ0) is 59.9. The van der Waals surface area contributed by atoms with Crippen molar-refractivity contribution in [3.8, 4) is 0 Å². The normalized spacial score (nSPS) is 12.9. The van der Waals surface area contributed by atoms with Crippen LogP contribution in [-0.2, 0) is 28.6 Å². The van der Waals surface area contributed by atoms with E-state index in [1.54, 1.807) is 0 Å². The van der Waals surface area contributed by atoms with Crippen LogP contribution in [0.25, 0.3) is 0 Å². The summed E-state index contributed by atoms with van der Waals surface area (Å²) >= 11 is 0. The Morgan fingerprint density at radius 2 is 0.470 bits per heavy atom. The van der Waals surface area contributed by atoms with Crippen LogP contribution < -0.4 is 0 Å². The van der Waals surface area contributed by atoms with E-state index in [2.05, 4.69) is 142 Å². The van der Waals surface area contributed by atoms with Crippen LogP contribution in [0.15, 0.2) is 122 Å². The third-order valence-corrected chi connectivity index (χ3v) is 14.9. The Bertz CT molecular complexity index is 1700. The van der Waals surface area contributed by atoms with Gasteiger partial charge in [0.05, 0.1) is 0 Å². The minimum Gasteiger partial charge on any atom is -0.462 e. The maximum Gasteiger partial charge on any atom is 0.306 e. The maximum absolute atomic E-state index is 13.0. The van der Waals surface area contributed by atoms with Gasteiger partial charge in [0, 0.05) is 19.3 Å². The van der Waals surface area contributed by atoms with Crippen LogP contribution >= 0.6 is 0 Å². The molecule has 0 aliphatic heterocycles. The van der Waals surface area contributed by atoms with Gasteiger partial charge in [-0.15, -0.1) is 0 Å². The molecule has 0 saturated heterocycles. The number of unbranched alkanes of at least 4 members (excludes halogenated alkanes) is 32.